The normalized spacial score (nSPS) is 22.0. The second kappa shape index (κ2) is 4.11. The molecule has 3 N–H and O–H groups in total. The second-order valence-electron chi connectivity index (χ2n) is 4.90. The molecule has 1 aromatic heterocycles. The van der Waals surface area contributed by atoms with E-state index in [0.29, 0.717) is 17.2 Å². The first kappa shape index (κ1) is 12.5. The summed E-state index contributed by atoms with van der Waals surface area (Å²) in [6.07, 6.45) is 0. The number of amidine groups is 1. The van der Waals surface area contributed by atoms with Crippen molar-refractivity contribution in [2.24, 2.45) is 10.7 Å². The summed E-state index contributed by atoms with van der Waals surface area (Å²) >= 11 is 3.44. The number of aromatic nitrogens is 1. The molecular formula is C14H10BrN3O3. The van der Waals surface area contributed by atoms with Crippen LogP contribution >= 0.6 is 15.9 Å². The number of benzene rings is 1. The van der Waals surface area contributed by atoms with Crippen LogP contribution in [-0.4, -0.2) is 17.6 Å². The highest BCUT2D eigenvalue weighted by molar-refractivity contribution is 9.10. The van der Waals surface area contributed by atoms with Crippen LogP contribution in [0.3, 0.4) is 0 Å². The molecule has 1 atom stereocenters. The molecule has 21 heavy (non-hydrogen) atoms. The van der Waals surface area contributed by atoms with Crippen LogP contribution in [0.4, 0.5) is 0 Å². The molecule has 0 saturated carbocycles. The number of hydrogen-bond acceptors (Lipinski definition) is 5. The molecule has 2 aliphatic rings. The number of nitrogens with two attached hydrogens (primary N) is 1. The van der Waals surface area contributed by atoms with Crippen LogP contribution in [0.15, 0.2) is 44.6 Å². The predicted octanol–water partition coefficient (Wildman–Crippen LogP) is 1.83. The number of aliphatic imine (C=N–C) groups is 1. The standard InChI is InChI=1S/C14H10BrN3O3/c15-7-1-2-9-8(5-7)14(6-20-13(16)18-14)12-10(21-9)3-4-11(19)17-12/h1-5H,6H2,(H2,16,18)(H,17,19). The zero-order valence-corrected chi connectivity index (χ0v) is 12.3. The topological polar surface area (TPSA) is 89.7 Å². The van der Waals surface area contributed by atoms with Crippen LogP contribution in [0.1, 0.15) is 11.3 Å². The third-order valence-electron chi connectivity index (χ3n) is 3.63. The van der Waals surface area contributed by atoms with E-state index in [1.807, 2.05) is 18.2 Å². The first-order chi connectivity index (χ1) is 10.1. The SMILES string of the molecule is NC1=NC2(CO1)c1cc(Br)ccc1Oc1ccc(=O)[nH]c12. The van der Waals surface area contributed by atoms with Gasteiger partial charge in [-0.05, 0) is 24.3 Å². The Bertz CT molecular complexity index is 846. The summed E-state index contributed by atoms with van der Waals surface area (Å²) in [6.45, 7) is 0.221. The zero-order chi connectivity index (χ0) is 14.6. The van der Waals surface area contributed by atoms with Crippen molar-refractivity contribution in [3.05, 3.63) is 56.4 Å². The van der Waals surface area contributed by atoms with Gasteiger partial charge in [-0.1, -0.05) is 15.9 Å². The molecule has 0 fully saturated rings. The van der Waals surface area contributed by atoms with E-state index in [1.165, 1.54) is 6.07 Å². The quantitative estimate of drug-likeness (QED) is 0.760. The van der Waals surface area contributed by atoms with E-state index in [2.05, 4.69) is 25.9 Å². The van der Waals surface area contributed by atoms with Gasteiger partial charge in [0.2, 0.25) is 5.56 Å². The minimum absolute atomic E-state index is 0.0958. The number of H-pyrrole nitrogens is 1. The van der Waals surface area contributed by atoms with Gasteiger partial charge in [0.1, 0.15) is 18.1 Å². The molecule has 1 unspecified atom stereocenters. The maximum absolute atomic E-state index is 11.7. The molecule has 7 heteroatoms. The van der Waals surface area contributed by atoms with Crippen molar-refractivity contribution in [3.8, 4) is 11.5 Å². The fourth-order valence-corrected chi connectivity index (χ4v) is 3.08. The maximum atomic E-state index is 11.7. The van der Waals surface area contributed by atoms with Gasteiger partial charge in [0.15, 0.2) is 5.54 Å². The predicted molar refractivity (Wildman–Crippen MR) is 79.6 cm³/mol. The van der Waals surface area contributed by atoms with Crippen LogP contribution in [-0.2, 0) is 10.3 Å². The molecule has 2 aliphatic heterocycles. The van der Waals surface area contributed by atoms with Gasteiger partial charge in [0.05, 0.1) is 5.69 Å². The molecule has 0 aliphatic carbocycles. The molecule has 4 rings (SSSR count). The van der Waals surface area contributed by atoms with Crippen molar-refractivity contribution >= 4 is 22.0 Å². The Morgan fingerprint density at radius 3 is 2.86 bits per heavy atom. The van der Waals surface area contributed by atoms with Gasteiger partial charge < -0.3 is 20.2 Å². The number of nitrogens with one attached hydrogen (secondary N) is 1. The van der Waals surface area contributed by atoms with E-state index >= 15 is 0 Å². The van der Waals surface area contributed by atoms with Crippen LogP contribution in [0.2, 0.25) is 0 Å². The van der Waals surface area contributed by atoms with E-state index < -0.39 is 5.54 Å². The Kier molecular flexibility index (Phi) is 2.44. The number of fused-ring (bicyclic) bond motifs is 4. The fraction of sp³-hybridized carbons (Fsp3) is 0.143. The van der Waals surface area contributed by atoms with Crippen molar-refractivity contribution in [1.29, 1.82) is 0 Å². The third-order valence-corrected chi connectivity index (χ3v) is 4.12. The summed E-state index contributed by atoms with van der Waals surface area (Å²) in [4.78, 5) is 18.9. The number of halogens is 1. The van der Waals surface area contributed by atoms with Crippen molar-refractivity contribution < 1.29 is 9.47 Å². The zero-order valence-electron chi connectivity index (χ0n) is 10.7. The highest BCUT2D eigenvalue weighted by Crippen LogP contribution is 2.49. The van der Waals surface area contributed by atoms with Crippen molar-refractivity contribution in [1.82, 2.24) is 4.98 Å². The average molecular weight is 348 g/mol. The number of aromatic amines is 1. The summed E-state index contributed by atoms with van der Waals surface area (Å²) < 4.78 is 12.1. The summed E-state index contributed by atoms with van der Waals surface area (Å²) in [5.74, 6) is 1.21. The molecule has 1 aromatic carbocycles. The molecule has 1 spiro atoms. The third kappa shape index (κ3) is 1.70. The number of rotatable bonds is 0. The van der Waals surface area contributed by atoms with Crippen molar-refractivity contribution in [2.75, 3.05) is 6.61 Å². The van der Waals surface area contributed by atoms with Crippen molar-refractivity contribution in [2.45, 2.75) is 5.54 Å². The maximum Gasteiger partial charge on any atom is 0.283 e. The van der Waals surface area contributed by atoms with Gasteiger partial charge in [-0.15, -0.1) is 0 Å². The van der Waals surface area contributed by atoms with Crippen LogP contribution < -0.4 is 16.0 Å². The molecule has 2 aromatic rings. The molecule has 6 nitrogen and oxygen atoms in total. The minimum Gasteiger partial charge on any atom is -0.462 e. The van der Waals surface area contributed by atoms with Gasteiger partial charge in [0.25, 0.3) is 6.02 Å². The second-order valence-corrected chi connectivity index (χ2v) is 5.82. The summed E-state index contributed by atoms with van der Waals surface area (Å²) in [5.41, 5.74) is 5.96. The highest BCUT2D eigenvalue weighted by Gasteiger charge is 2.47. The molecule has 106 valence electrons. The number of ether oxygens (including phenoxy) is 2. The summed E-state index contributed by atoms with van der Waals surface area (Å²) in [6, 6.07) is 8.77. The average Bonchev–Trinajstić information content (AvgIpc) is 2.84. The van der Waals surface area contributed by atoms with Gasteiger partial charge in [0, 0.05) is 16.1 Å². The Balaban J connectivity index is 2.07. The summed E-state index contributed by atoms with van der Waals surface area (Å²) in [5, 5.41) is 0. The van der Waals surface area contributed by atoms with Gasteiger partial charge in [-0.2, -0.15) is 0 Å². The lowest BCUT2D eigenvalue weighted by Crippen LogP contribution is -2.34. The van der Waals surface area contributed by atoms with Crippen LogP contribution in [0.25, 0.3) is 0 Å². The summed E-state index contributed by atoms with van der Waals surface area (Å²) in [7, 11) is 0. The smallest absolute Gasteiger partial charge is 0.283 e. The number of pyridine rings is 1. The molecule has 3 heterocycles. The minimum atomic E-state index is -0.878. The van der Waals surface area contributed by atoms with Crippen LogP contribution in [0.5, 0.6) is 11.5 Å². The van der Waals surface area contributed by atoms with Gasteiger partial charge in [-0.3, -0.25) is 4.79 Å². The lowest BCUT2D eigenvalue weighted by Gasteiger charge is -2.32. The Morgan fingerprint density at radius 1 is 1.29 bits per heavy atom. The Hall–Kier alpha value is -2.28. The molecule has 0 saturated heterocycles. The first-order valence-electron chi connectivity index (χ1n) is 6.28. The Morgan fingerprint density at radius 2 is 2.10 bits per heavy atom. The van der Waals surface area contributed by atoms with E-state index in [1.54, 1.807) is 6.07 Å². The Labute approximate surface area is 127 Å². The molecular weight excluding hydrogens is 338 g/mol. The highest BCUT2D eigenvalue weighted by atomic mass is 79.9. The largest absolute Gasteiger partial charge is 0.462 e. The van der Waals surface area contributed by atoms with Gasteiger partial charge in [-0.25, -0.2) is 4.99 Å². The van der Waals surface area contributed by atoms with Crippen molar-refractivity contribution in [3.63, 3.8) is 0 Å². The molecule has 0 amide bonds. The van der Waals surface area contributed by atoms with Gasteiger partial charge >= 0.3 is 0 Å². The lowest BCUT2D eigenvalue weighted by molar-refractivity contribution is 0.260. The van der Waals surface area contributed by atoms with E-state index in [0.717, 1.165) is 10.0 Å². The number of hydrogen-bond donors (Lipinski definition) is 2. The fourth-order valence-electron chi connectivity index (χ4n) is 2.72. The van der Waals surface area contributed by atoms with E-state index in [-0.39, 0.29) is 18.2 Å². The molecule has 0 radical (unpaired) electrons. The van der Waals surface area contributed by atoms with Crippen LogP contribution in [0, 0.1) is 0 Å². The monoisotopic (exact) mass is 347 g/mol. The van der Waals surface area contributed by atoms with E-state index in [9.17, 15) is 4.79 Å². The van der Waals surface area contributed by atoms with E-state index in [4.69, 9.17) is 15.2 Å². The lowest BCUT2D eigenvalue weighted by atomic mass is 9.85. The number of nitrogens with zero attached hydrogens (tertiary/aromatic N) is 1. The first-order valence-corrected chi connectivity index (χ1v) is 7.08. The molecule has 0 bridgehead atoms.